The van der Waals surface area contributed by atoms with E-state index in [-0.39, 0.29) is 24.9 Å². The van der Waals surface area contributed by atoms with Crippen molar-refractivity contribution in [2.75, 3.05) is 26.2 Å². The van der Waals surface area contributed by atoms with E-state index in [1.807, 2.05) is 0 Å². The molecule has 0 saturated carbocycles. The molecule has 1 aliphatic heterocycles. The molecule has 106 valence electrons. The van der Waals surface area contributed by atoms with Crippen LogP contribution in [0.4, 0.5) is 0 Å². The number of nitrogens with one attached hydrogen (secondary N) is 2. The van der Waals surface area contributed by atoms with Gasteiger partial charge in [-0.2, -0.15) is 0 Å². The first kappa shape index (κ1) is 16.1. The molecule has 2 rings (SSSR count). The second kappa shape index (κ2) is 8.25. The molecule has 0 spiro atoms. The van der Waals surface area contributed by atoms with Gasteiger partial charge in [0.1, 0.15) is 5.75 Å². The Morgan fingerprint density at radius 3 is 2.79 bits per heavy atom. The summed E-state index contributed by atoms with van der Waals surface area (Å²) in [6.45, 7) is 2.79. The Kier molecular flexibility index (Phi) is 6.99. The quantitative estimate of drug-likeness (QED) is 0.873. The van der Waals surface area contributed by atoms with Crippen molar-refractivity contribution >= 4 is 29.9 Å². The summed E-state index contributed by atoms with van der Waals surface area (Å²) in [7, 11) is 0. The lowest BCUT2D eigenvalue weighted by Crippen LogP contribution is -2.33. The number of hydrogen-bond acceptors (Lipinski definition) is 3. The van der Waals surface area contributed by atoms with E-state index >= 15 is 0 Å². The van der Waals surface area contributed by atoms with Crippen LogP contribution in [0.3, 0.4) is 0 Å². The molecule has 0 bridgehead atoms. The van der Waals surface area contributed by atoms with Crippen molar-refractivity contribution in [3.05, 3.63) is 29.3 Å². The van der Waals surface area contributed by atoms with Crippen LogP contribution in [0.5, 0.6) is 5.75 Å². The Bertz CT molecular complexity index is 392. The van der Waals surface area contributed by atoms with Crippen LogP contribution in [0.25, 0.3) is 0 Å². The lowest BCUT2D eigenvalue weighted by molar-refractivity contribution is -0.123. The number of carbonyl (C=O) groups excluding carboxylic acids is 1. The fourth-order valence-electron chi connectivity index (χ4n) is 1.88. The fraction of sp³-hybridized carbons (Fsp3) is 0.462. The zero-order chi connectivity index (χ0) is 12.8. The molecule has 1 atom stereocenters. The summed E-state index contributed by atoms with van der Waals surface area (Å²) in [6.07, 6.45) is 1.12. The first-order valence-corrected chi connectivity index (χ1v) is 6.47. The summed E-state index contributed by atoms with van der Waals surface area (Å²) in [5.74, 6) is 1.11. The molecule has 0 radical (unpaired) electrons. The van der Waals surface area contributed by atoms with Gasteiger partial charge in [0.05, 0.1) is 0 Å². The van der Waals surface area contributed by atoms with Crippen LogP contribution in [-0.4, -0.2) is 32.1 Å². The van der Waals surface area contributed by atoms with Crippen molar-refractivity contribution in [2.45, 2.75) is 6.42 Å². The van der Waals surface area contributed by atoms with Gasteiger partial charge in [-0.1, -0.05) is 11.6 Å². The van der Waals surface area contributed by atoms with E-state index in [1.54, 1.807) is 24.3 Å². The van der Waals surface area contributed by atoms with Gasteiger partial charge in [-0.05, 0) is 49.7 Å². The molecule has 1 aromatic rings. The van der Waals surface area contributed by atoms with Crippen LogP contribution in [0.2, 0.25) is 5.02 Å². The minimum absolute atomic E-state index is 0. The van der Waals surface area contributed by atoms with E-state index in [0.29, 0.717) is 16.7 Å². The molecule has 1 aromatic carbocycles. The van der Waals surface area contributed by atoms with E-state index in [0.717, 1.165) is 26.1 Å². The number of carbonyl (C=O) groups is 1. The predicted octanol–water partition coefficient (Wildman–Crippen LogP) is 1.87. The van der Waals surface area contributed by atoms with Gasteiger partial charge in [0.15, 0.2) is 6.61 Å². The molecule has 6 heteroatoms. The molecular formula is C13H18Cl2N2O2. The van der Waals surface area contributed by atoms with Gasteiger partial charge >= 0.3 is 0 Å². The molecule has 2 N–H and O–H groups in total. The van der Waals surface area contributed by atoms with E-state index < -0.39 is 0 Å². The van der Waals surface area contributed by atoms with Crippen LogP contribution in [0.15, 0.2) is 24.3 Å². The topological polar surface area (TPSA) is 50.4 Å². The summed E-state index contributed by atoms with van der Waals surface area (Å²) < 4.78 is 5.35. The largest absolute Gasteiger partial charge is 0.484 e. The van der Waals surface area contributed by atoms with Gasteiger partial charge in [0.25, 0.3) is 5.91 Å². The van der Waals surface area contributed by atoms with Crippen LogP contribution < -0.4 is 15.4 Å². The van der Waals surface area contributed by atoms with E-state index in [9.17, 15) is 4.79 Å². The van der Waals surface area contributed by atoms with Gasteiger partial charge in [0.2, 0.25) is 0 Å². The fourth-order valence-corrected chi connectivity index (χ4v) is 2.00. The van der Waals surface area contributed by atoms with Crippen LogP contribution in [0.1, 0.15) is 6.42 Å². The van der Waals surface area contributed by atoms with Crippen molar-refractivity contribution in [3.63, 3.8) is 0 Å². The number of amides is 1. The SMILES string of the molecule is Cl.O=C(COc1ccc(Cl)cc1)NCC1CCNC1. The third kappa shape index (κ3) is 5.68. The summed E-state index contributed by atoms with van der Waals surface area (Å²) in [4.78, 5) is 11.6. The molecule has 0 aromatic heterocycles. The Morgan fingerprint density at radius 1 is 1.42 bits per heavy atom. The smallest absolute Gasteiger partial charge is 0.257 e. The Hall–Kier alpha value is -0.970. The minimum atomic E-state index is -0.0863. The molecule has 1 fully saturated rings. The van der Waals surface area contributed by atoms with E-state index in [2.05, 4.69) is 10.6 Å². The Balaban J connectivity index is 0.00000180. The third-order valence-electron chi connectivity index (χ3n) is 2.93. The molecule has 1 saturated heterocycles. The van der Waals surface area contributed by atoms with Gasteiger partial charge < -0.3 is 15.4 Å². The second-order valence-electron chi connectivity index (χ2n) is 4.41. The van der Waals surface area contributed by atoms with Gasteiger partial charge in [-0.15, -0.1) is 12.4 Å². The summed E-state index contributed by atoms with van der Waals surface area (Å²) in [5, 5.41) is 6.79. The molecule has 1 unspecified atom stereocenters. The minimum Gasteiger partial charge on any atom is -0.484 e. The zero-order valence-electron chi connectivity index (χ0n) is 10.5. The van der Waals surface area contributed by atoms with Crippen LogP contribution in [0, 0.1) is 5.92 Å². The van der Waals surface area contributed by atoms with Gasteiger partial charge in [-0.25, -0.2) is 0 Å². The highest BCUT2D eigenvalue weighted by Crippen LogP contribution is 2.15. The first-order valence-electron chi connectivity index (χ1n) is 6.10. The third-order valence-corrected chi connectivity index (χ3v) is 3.19. The molecule has 1 amide bonds. The van der Waals surface area contributed by atoms with Crippen molar-refractivity contribution in [1.29, 1.82) is 0 Å². The monoisotopic (exact) mass is 304 g/mol. The number of hydrogen-bond donors (Lipinski definition) is 2. The van der Waals surface area contributed by atoms with E-state index in [1.165, 1.54) is 0 Å². The Morgan fingerprint density at radius 2 is 2.16 bits per heavy atom. The van der Waals surface area contributed by atoms with Crippen molar-refractivity contribution in [3.8, 4) is 5.75 Å². The van der Waals surface area contributed by atoms with Gasteiger partial charge in [-0.3, -0.25) is 4.79 Å². The number of benzene rings is 1. The lowest BCUT2D eigenvalue weighted by atomic mass is 10.1. The average Bonchev–Trinajstić information content (AvgIpc) is 2.89. The summed E-state index contributed by atoms with van der Waals surface area (Å²) in [5.41, 5.74) is 0. The number of halogens is 2. The van der Waals surface area contributed by atoms with Crippen LogP contribution >= 0.6 is 24.0 Å². The molecule has 4 nitrogen and oxygen atoms in total. The summed E-state index contributed by atoms with van der Waals surface area (Å²) >= 11 is 5.76. The maximum atomic E-state index is 11.6. The molecule has 1 heterocycles. The number of ether oxygens (including phenoxy) is 1. The normalized spacial score (nSPS) is 17.6. The summed E-state index contributed by atoms with van der Waals surface area (Å²) in [6, 6.07) is 6.96. The number of rotatable bonds is 5. The Labute approximate surface area is 124 Å². The predicted molar refractivity (Wildman–Crippen MR) is 78.2 cm³/mol. The molecule has 19 heavy (non-hydrogen) atoms. The lowest BCUT2D eigenvalue weighted by Gasteiger charge is -2.10. The highest BCUT2D eigenvalue weighted by Gasteiger charge is 2.15. The van der Waals surface area contributed by atoms with Crippen molar-refractivity contribution in [1.82, 2.24) is 10.6 Å². The van der Waals surface area contributed by atoms with Crippen LogP contribution in [-0.2, 0) is 4.79 Å². The highest BCUT2D eigenvalue weighted by atomic mass is 35.5. The average molecular weight is 305 g/mol. The first-order chi connectivity index (χ1) is 8.74. The maximum Gasteiger partial charge on any atom is 0.257 e. The molecule has 1 aliphatic rings. The van der Waals surface area contributed by atoms with Crippen molar-refractivity contribution in [2.24, 2.45) is 5.92 Å². The standard InChI is InChI=1S/C13H17ClN2O2.ClH/c14-11-1-3-12(4-2-11)18-9-13(17)16-8-10-5-6-15-7-10;/h1-4,10,15H,5-9H2,(H,16,17);1H. The van der Waals surface area contributed by atoms with E-state index in [4.69, 9.17) is 16.3 Å². The maximum absolute atomic E-state index is 11.6. The zero-order valence-corrected chi connectivity index (χ0v) is 12.1. The highest BCUT2D eigenvalue weighted by molar-refractivity contribution is 6.30. The second-order valence-corrected chi connectivity index (χ2v) is 4.84. The van der Waals surface area contributed by atoms with Crippen molar-refractivity contribution < 1.29 is 9.53 Å². The molecule has 0 aliphatic carbocycles. The molecular weight excluding hydrogens is 287 g/mol. The van der Waals surface area contributed by atoms with Gasteiger partial charge in [0, 0.05) is 11.6 Å².